The zero-order valence-corrected chi connectivity index (χ0v) is 12.2. The summed E-state index contributed by atoms with van der Waals surface area (Å²) >= 11 is 2.21. The van der Waals surface area contributed by atoms with Crippen molar-refractivity contribution in [3.05, 3.63) is 27.8 Å². The summed E-state index contributed by atoms with van der Waals surface area (Å²) in [5.41, 5.74) is 0. The Bertz CT molecular complexity index is 405. The summed E-state index contributed by atoms with van der Waals surface area (Å²) in [6, 6.07) is 7.88. The van der Waals surface area contributed by atoms with Gasteiger partial charge in [0.1, 0.15) is 5.75 Å². The molecule has 1 aliphatic rings. The quantitative estimate of drug-likeness (QED) is 0.835. The molecule has 0 aromatic heterocycles. The SMILES string of the molecule is O=C(COc1cccc(I)c1)NC1CCOCC1. The minimum Gasteiger partial charge on any atom is -0.484 e. The van der Waals surface area contributed by atoms with Gasteiger partial charge in [0.2, 0.25) is 0 Å². The van der Waals surface area contributed by atoms with Crippen LogP contribution in [0.1, 0.15) is 12.8 Å². The van der Waals surface area contributed by atoms with E-state index in [0.29, 0.717) is 0 Å². The van der Waals surface area contributed by atoms with Crippen LogP contribution in [0.3, 0.4) is 0 Å². The number of rotatable bonds is 4. The Balaban J connectivity index is 1.74. The summed E-state index contributed by atoms with van der Waals surface area (Å²) in [5, 5.41) is 2.96. The normalized spacial score (nSPS) is 16.3. The minimum absolute atomic E-state index is 0.0669. The molecular weight excluding hydrogens is 345 g/mol. The first kappa shape index (κ1) is 13.6. The number of benzene rings is 1. The molecule has 0 atom stereocenters. The smallest absolute Gasteiger partial charge is 0.258 e. The van der Waals surface area contributed by atoms with Crippen LogP contribution in [0.25, 0.3) is 0 Å². The van der Waals surface area contributed by atoms with Gasteiger partial charge in [-0.1, -0.05) is 6.07 Å². The summed E-state index contributed by atoms with van der Waals surface area (Å²) in [6.07, 6.45) is 1.77. The second-order valence-electron chi connectivity index (χ2n) is 4.20. The topological polar surface area (TPSA) is 47.6 Å². The van der Waals surface area contributed by atoms with E-state index in [0.717, 1.165) is 35.4 Å². The fourth-order valence-corrected chi connectivity index (χ4v) is 2.33. The van der Waals surface area contributed by atoms with Gasteiger partial charge in [0.25, 0.3) is 5.91 Å². The standard InChI is InChI=1S/C13H16INO3/c14-10-2-1-3-12(8-10)18-9-13(16)15-11-4-6-17-7-5-11/h1-3,8,11H,4-7,9H2,(H,15,16). The third kappa shape index (κ3) is 4.45. The van der Waals surface area contributed by atoms with Crippen LogP contribution in [0, 0.1) is 3.57 Å². The van der Waals surface area contributed by atoms with Crippen molar-refractivity contribution < 1.29 is 14.3 Å². The molecule has 0 saturated carbocycles. The number of hydrogen-bond donors (Lipinski definition) is 1. The van der Waals surface area contributed by atoms with Crippen molar-refractivity contribution in [2.24, 2.45) is 0 Å². The lowest BCUT2D eigenvalue weighted by molar-refractivity contribution is -0.124. The van der Waals surface area contributed by atoms with Crippen LogP contribution < -0.4 is 10.1 Å². The second-order valence-corrected chi connectivity index (χ2v) is 5.45. The Morgan fingerprint density at radius 2 is 2.22 bits per heavy atom. The lowest BCUT2D eigenvalue weighted by Crippen LogP contribution is -2.41. The van der Waals surface area contributed by atoms with E-state index in [1.165, 1.54) is 0 Å². The fraction of sp³-hybridized carbons (Fsp3) is 0.462. The molecule has 2 rings (SSSR count). The molecular formula is C13H16INO3. The largest absolute Gasteiger partial charge is 0.484 e. The van der Waals surface area contributed by atoms with Gasteiger partial charge in [-0.3, -0.25) is 4.79 Å². The zero-order valence-electron chi connectivity index (χ0n) is 10.0. The second kappa shape index (κ2) is 6.94. The van der Waals surface area contributed by atoms with Gasteiger partial charge in [0.05, 0.1) is 0 Å². The average molecular weight is 361 g/mol. The molecule has 1 heterocycles. The third-order valence-corrected chi connectivity index (χ3v) is 3.42. The van der Waals surface area contributed by atoms with Gasteiger partial charge in [0, 0.05) is 22.8 Å². The zero-order chi connectivity index (χ0) is 12.8. The van der Waals surface area contributed by atoms with Gasteiger partial charge in [-0.2, -0.15) is 0 Å². The minimum atomic E-state index is -0.0687. The predicted molar refractivity (Wildman–Crippen MR) is 76.6 cm³/mol. The fourth-order valence-electron chi connectivity index (χ4n) is 1.82. The summed E-state index contributed by atoms with van der Waals surface area (Å²) in [4.78, 5) is 11.7. The van der Waals surface area contributed by atoms with E-state index in [2.05, 4.69) is 27.9 Å². The molecule has 1 saturated heterocycles. The van der Waals surface area contributed by atoms with Crippen LogP contribution in [-0.4, -0.2) is 31.8 Å². The average Bonchev–Trinajstić information content (AvgIpc) is 2.38. The molecule has 1 aliphatic heterocycles. The molecule has 0 unspecified atom stereocenters. The number of amides is 1. The molecule has 5 heteroatoms. The highest BCUT2D eigenvalue weighted by atomic mass is 127. The highest BCUT2D eigenvalue weighted by Crippen LogP contribution is 2.14. The van der Waals surface area contributed by atoms with Crippen LogP contribution in [0.2, 0.25) is 0 Å². The molecule has 1 N–H and O–H groups in total. The molecule has 1 aromatic carbocycles. The Labute approximate surface area is 120 Å². The molecule has 1 aromatic rings. The van der Waals surface area contributed by atoms with Gasteiger partial charge in [-0.05, 0) is 53.6 Å². The van der Waals surface area contributed by atoms with E-state index in [9.17, 15) is 4.79 Å². The molecule has 1 fully saturated rings. The number of carbonyl (C=O) groups is 1. The molecule has 0 bridgehead atoms. The van der Waals surface area contributed by atoms with Crippen molar-refractivity contribution in [2.45, 2.75) is 18.9 Å². The molecule has 1 amide bonds. The van der Waals surface area contributed by atoms with E-state index in [-0.39, 0.29) is 18.6 Å². The van der Waals surface area contributed by atoms with Crippen molar-refractivity contribution in [2.75, 3.05) is 19.8 Å². The number of hydrogen-bond acceptors (Lipinski definition) is 3. The van der Waals surface area contributed by atoms with E-state index >= 15 is 0 Å². The first-order valence-corrected chi connectivity index (χ1v) is 7.07. The summed E-state index contributed by atoms with van der Waals surface area (Å²) < 4.78 is 11.8. The number of halogens is 1. The highest BCUT2D eigenvalue weighted by Gasteiger charge is 2.16. The maximum atomic E-state index is 11.7. The molecule has 18 heavy (non-hydrogen) atoms. The van der Waals surface area contributed by atoms with Crippen molar-refractivity contribution in [1.29, 1.82) is 0 Å². The van der Waals surface area contributed by atoms with Crippen LogP contribution in [-0.2, 0) is 9.53 Å². The van der Waals surface area contributed by atoms with Crippen molar-refractivity contribution in [3.63, 3.8) is 0 Å². The van der Waals surface area contributed by atoms with Crippen LogP contribution in [0.15, 0.2) is 24.3 Å². The van der Waals surface area contributed by atoms with E-state index in [1.807, 2.05) is 24.3 Å². The van der Waals surface area contributed by atoms with Crippen LogP contribution in [0.4, 0.5) is 0 Å². The van der Waals surface area contributed by atoms with E-state index < -0.39 is 0 Å². The molecule has 0 spiro atoms. The number of carbonyl (C=O) groups excluding carboxylic acids is 1. The lowest BCUT2D eigenvalue weighted by Gasteiger charge is -2.23. The Morgan fingerprint density at radius 1 is 1.44 bits per heavy atom. The van der Waals surface area contributed by atoms with Gasteiger partial charge < -0.3 is 14.8 Å². The summed E-state index contributed by atoms with van der Waals surface area (Å²) in [5.74, 6) is 0.657. The highest BCUT2D eigenvalue weighted by molar-refractivity contribution is 14.1. The summed E-state index contributed by atoms with van der Waals surface area (Å²) in [6.45, 7) is 1.52. The first-order chi connectivity index (χ1) is 8.74. The Kier molecular flexibility index (Phi) is 5.25. The molecule has 0 aliphatic carbocycles. The third-order valence-electron chi connectivity index (χ3n) is 2.75. The lowest BCUT2D eigenvalue weighted by atomic mass is 10.1. The van der Waals surface area contributed by atoms with Crippen molar-refractivity contribution >= 4 is 28.5 Å². The predicted octanol–water partition coefficient (Wildman–Crippen LogP) is 1.97. The number of nitrogens with one attached hydrogen (secondary N) is 1. The Morgan fingerprint density at radius 3 is 2.94 bits per heavy atom. The summed E-state index contributed by atoms with van der Waals surface area (Å²) in [7, 11) is 0. The Hall–Kier alpha value is -0.820. The number of ether oxygens (including phenoxy) is 2. The van der Waals surface area contributed by atoms with E-state index in [1.54, 1.807) is 0 Å². The molecule has 0 radical (unpaired) electrons. The van der Waals surface area contributed by atoms with Gasteiger partial charge in [0.15, 0.2) is 6.61 Å². The van der Waals surface area contributed by atoms with E-state index in [4.69, 9.17) is 9.47 Å². The monoisotopic (exact) mass is 361 g/mol. The first-order valence-electron chi connectivity index (χ1n) is 5.99. The maximum Gasteiger partial charge on any atom is 0.258 e. The van der Waals surface area contributed by atoms with Gasteiger partial charge in [-0.15, -0.1) is 0 Å². The van der Waals surface area contributed by atoms with Gasteiger partial charge in [-0.25, -0.2) is 0 Å². The maximum absolute atomic E-state index is 11.7. The van der Waals surface area contributed by atoms with Crippen LogP contribution >= 0.6 is 22.6 Å². The molecule has 98 valence electrons. The van der Waals surface area contributed by atoms with Gasteiger partial charge >= 0.3 is 0 Å². The van der Waals surface area contributed by atoms with Crippen molar-refractivity contribution in [3.8, 4) is 5.75 Å². The molecule has 4 nitrogen and oxygen atoms in total. The van der Waals surface area contributed by atoms with Crippen LogP contribution in [0.5, 0.6) is 5.75 Å². The van der Waals surface area contributed by atoms with Crippen molar-refractivity contribution in [1.82, 2.24) is 5.32 Å².